The van der Waals surface area contributed by atoms with Crippen molar-refractivity contribution in [3.8, 4) is 5.69 Å². The van der Waals surface area contributed by atoms with Crippen molar-refractivity contribution in [2.45, 2.75) is 33.2 Å². The fourth-order valence-corrected chi connectivity index (χ4v) is 5.74. The summed E-state index contributed by atoms with van der Waals surface area (Å²) >= 11 is 0. The summed E-state index contributed by atoms with van der Waals surface area (Å²) in [6.45, 7) is 5.15. The zero-order valence-corrected chi connectivity index (χ0v) is 21.3. The van der Waals surface area contributed by atoms with E-state index in [9.17, 15) is 13.2 Å². The number of aryl methyl sites for hydroxylation is 1. The second-order valence-electron chi connectivity index (χ2n) is 9.02. The highest BCUT2D eigenvalue weighted by molar-refractivity contribution is 7.92. The lowest BCUT2D eigenvalue weighted by Gasteiger charge is -2.32. The first-order valence-electron chi connectivity index (χ1n) is 11.8. The third-order valence-corrected chi connectivity index (χ3v) is 8.17. The zero-order valence-electron chi connectivity index (χ0n) is 20.5. The molecule has 8 heteroatoms. The van der Waals surface area contributed by atoms with Gasteiger partial charge in [0.1, 0.15) is 0 Å². The van der Waals surface area contributed by atoms with Crippen molar-refractivity contribution in [3.63, 3.8) is 0 Å². The molecule has 0 atom stereocenters. The van der Waals surface area contributed by atoms with Crippen molar-refractivity contribution in [2.75, 3.05) is 20.1 Å². The Kier molecular flexibility index (Phi) is 7.52. The van der Waals surface area contributed by atoms with Gasteiger partial charge in [-0.2, -0.15) is 9.40 Å². The van der Waals surface area contributed by atoms with Crippen LogP contribution in [-0.4, -0.2) is 53.4 Å². The van der Waals surface area contributed by atoms with Crippen LogP contribution in [0.2, 0.25) is 0 Å². The lowest BCUT2D eigenvalue weighted by Crippen LogP contribution is -2.42. The summed E-state index contributed by atoms with van der Waals surface area (Å²) in [7, 11) is -1.71. The fraction of sp³-hybridized carbons (Fsp3) is 0.333. The third kappa shape index (κ3) is 5.71. The molecular weight excluding hydrogens is 460 g/mol. The minimum atomic E-state index is -3.52. The fourth-order valence-electron chi connectivity index (χ4n) is 4.52. The number of aromatic nitrogens is 2. The Bertz CT molecular complexity index is 1290. The van der Waals surface area contributed by atoms with E-state index in [0.717, 1.165) is 28.2 Å². The number of sulfonamides is 1. The van der Waals surface area contributed by atoms with Gasteiger partial charge in [-0.25, -0.2) is 13.1 Å². The van der Waals surface area contributed by atoms with Gasteiger partial charge in [-0.15, -0.1) is 0 Å². The van der Waals surface area contributed by atoms with Crippen LogP contribution in [0.1, 0.15) is 35.4 Å². The molecule has 1 saturated heterocycles. The summed E-state index contributed by atoms with van der Waals surface area (Å²) in [6, 6.07) is 19.3. The first-order chi connectivity index (χ1) is 16.8. The largest absolute Gasteiger partial charge is 0.341 e. The molecule has 4 rings (SSSR count). The maximum Gasteiger partial charge on any atom is 0.236 e. The summed E-state index contributed by atoms with van der Waals surface area (Å²) < 4.78 is 28.9. The van der Waals surface area contributed by atoms with Crippen LogP contribution < -0.4 is 0 Å². The normalized spacial score (nSPS) is 15.5. The highest BCUT2D eigenvalue weighted by atomic mass is 32.2. The minimum absolute atomic E-state index is 0.0492. The predicted octanol–water partition coefficient (Wildman–Crippen LogP) is 4.16. The molecule has 2 heterocycles. The van der Waals surface area contributed by atoms with Crippen molar-refractivity contribution in [3.05, 3.63) is 88.6 Å². The molecule has 0 unspecified atom stereocenters. The van der Waals surface area contributed by atoms with Crippen LogP contribution in [0.25, 0.3) is 11.8 Å². The van der Waals surface area contributed by atoms with E-state index in [1.807, 2.05) is 86.2 Å². The molecule has 0 aliphatic carbocycles. The number of nitrogens with zero attached hydrogens (tertiary/aromatic N) is 4. The van der Waals surface area contributed by atoms with E-state index in [0.29, 0.717) is 32.5 Å². The van der Waals surface area contributed by atoms with Crippen molar-refractivity contribution < 1.29 is 13.2 Å². The van der Waals surface area contributed by atoms with Gasteiger partial charge in [-0.3, -0.25) is 4.79 Å². The highest BCUT2D eigenvalue weighted by Crippen LogP contribution is 2.25. The number of para-hydroxylation sites is 1. The number of carbonyl (C=O) groups is 1. The number of carbonyl (C=O) groups excluding carboxylic acids is 1. The molecule has 184 valence electrons. The van der Waals surface area contributed by atoms with Gasteiger partial charge in [0, 0.05) is 49.3 Å². The average molecular weight is 493 g/mol. The van der Waals surface area contributed by atoms with E-state index in [1.54, 1.807) is 11.0 Å². The third-order valence-electron chi connectivity index (χ3n) is 6.61. The van der Waals surface area contributed by atoms with Crippen LogP contribution in [0.3, 0.4) is 0 Å². The van der Waals surface area contributed by atoms with Crippen molar-refractivity contribution in [1.29, 1.82) is 0 Å². The molecule has 1 aromatic heterocycles. The molecule has 1 aliphatic rings. The Morgan fingerprint density at radius 2 is 1.63 bits per heavy atom. The van der Waals surface area contributed by atoms with Crippen molar-refractivity contribution >= 4 is 22.0 Å². The molecule has 2 aromatic carbocycles. The smallest absolute Gasteiger partial charge is 0.236 e. The van der Waals surface area contributed by atoms with Crippen LogP contribution in [0.15, 0.2) is 66.1 Å². The Morgan fingerprint density at radius 3 is 2.26 bits per heavy atom. The van der Waals surface area contributed by atoms with E-state index < -0.39 is 10.0 Å². The van der Waals surface area contributed by atoms with Crippen LogP contribution >= 0.6 is 0 Å². The summed E-state index contributed by atoms with van der Waals surface area (Å²) in [4.78, 5) is 14.9. The van der Waals surface area contributed by atoms with Gasteiger partial charge in [0.05, 0.1) is 11.4 Å². The molecule has 1 fully saturated rings. The van der Waals surface area contributed by atoms with Gasteiger partial charge < -0.3 is 4.90 Å². The van der Waals surface area contributed by atoms with E-state index in [4.69, 9.17) is 0 Å². The number of amides is 1. The first kappa shape index (κ1) is 24.9. The van der Waals surface area contributed by atoms with Crippen LogP contribution in [-0.2, 0) is 21.4 Å². The molecule has 3 aromatic rings. The molecular formula is C27H32N4O3S. The van der Waals surface area contributed by atoms with Gasteiger partial charge in [-0.05, 0) is 50.5 Å². The number of benzene rings is 2. The van der Waals surface area contributed by atoms with Gasteiger partial charge in [0.15, 0.2) is 0 Å². The summed E-state index contributed by atoms with van der Waals surface area (Å²) in [5.41, 5.74) is 4.78. The summed E-state index contributed by atoms with van der Waals surface area (Å²) in [6.07, 6.45) is 2.65. The Hall–Kier alpha value is -3.23. The van der Waals surface area contributed by atoms with Gasteiger partial charge in [0.25, 0.3) is 0 Å². The zero-order chi connectivity index (χ0) is 25.0. The van der Waals surface area contributed by atoms with Gasteiger partial charge >= 0.3 is 0 Å². The lowest BCUT2D eigenvalue weighted by atomic mass is 9.96. The highest BCUT2D eigenvalue weighted by Gasteiger charge is 2.31. The van der Waals surface area contributed by atoms with Crippen molar-refractivity contribution in [1.82, 2.24) is 19.0 Å². The maximum atomic E-state index is 13.2. The Balaban J connectivity index is 1.37. The maximum absolute atomic E-state index is 13.2. The number of rotatable bonds is 7. The second-order valence-corrected chi connectivity index (χ2v) is 10.8. The molecule has 0 N–H and O–H groups in total. The average Bonchev–Trinajstić information content (AvgIpc) is 3.16. The molecule has 7 nitrogen and oxygen atoms in total. The quantitative estimate of drug-likeness (QED) is 0.496. The molecule has 0 radical (unpaired) electrons. The van der Waals surface area contributed by atoms with E-state index >= 15 is 0 Å². The predicted molar refractivity (Wildman–Crippen MR) is 138 cm³/mol. The van der Waals surface area contributed by atoms with Gasteiger partial charge in [0.2, 0.25) is 15.9 Å². The van der Waals surface area contributed by atoms with Crippen LogP contribution in [0.4, 0.5) is 0 Å². The molecule has 0 spiro atoms. The van der Waals surface area contributed by atoms with E-state index in [-0.39, 0.29) is 11.8 Å². The van der Waals surface area contributed by atoms with Crippen LogP contribution in [0.5, 0.6) is 0 Å². The number of piperidine rings is 1. The van der Waals surface area contributed by atoms with E-state index in [2.05, 4.69) is 5.10 Å². The molecule has 1 amide bonds. The number of hydrogen-bond acceptors (Lipinski definition) is 4. The Morgan fingerprint density at radius 1 is 1.03 bits per heavy atom. The summed E-state index contributed by atoms with van der Waals surface area (Å²) in [5, 5.41) is 5.94. The van der Waals surface area contributed by atoms with Gasteiger partial charge in [-0.1, -0.05) is 48.5 Å². The second kappa shape index (κ2) is 10.6. The minimum Gasteiger partial charge on any atom is -0.341 e. The monoisotopic (exact) mass is 492 g/mol. The van der Waals surface area contributed by atoms with Crippen LogP contribution in [0, 0.1) is 19.8 Å². The topological polar surface area (TPSA) is 75.5 Å². The molecule has 35 heavy (non-hydrogen) atoms. The Labute approximate surface area is 207 Å². The molecule has 0 saturated carbocycles. The number of hydrogen-bond donors (Lipinski definition) is 0. The first-order valence-corrected chi connectivity index (χ1v) is 13.4. The SMILES string of the molecule is Cc1nn(-c2ccccc2)c(C)c1CN(C)C(=O)C1CCN(S(=O)(=O)C=Cc2ccccc2)CC1. The standard InChI is InChI=1S/C27H32N4O3S/c1-21-26(22(2)31(28-21)25-12-8-5-9-13-25)20-29(3)27(32)24-14-17-30(18-15-24)35(33,34)19-16-23-10-6-4-7-11-23/h4-13,16,19,24H,14-15,17-18,20H2,1-3H3. The lowest BCUT2D eigenvalue weighted by molar-refractivity contribution is -0.135. The van der Waals surface area contributed by atoms with E-state index in [1.165, 1.54) is 9.71 Å². The molecule has 1 aliphatic heterocycles. The van der Waals surface area contributed by atoms with Crippen molar-refractivity contribution in [2.24, 2.45) is 5.92 Å². The summed E-state index contributed by atoms with van der Waals surface area (Å²) in [5.74, 6) is -0.137. The molecule has 0 bridgehead atoms.